The number of benzene rings is 1. The summed E-state index contributed by atoms with van der Waals surface area (Å²) in [6.45, 7) is 2.03. The van der Waals surface area contributed by atoms with Crippen LogP contribution in [0.1, 0.15) is 5.69 Å². The highest BCUT2D eigenvalue weighted by atomic mass is 127. The number of para-hydroxylation sites is 1. The molecule has 2 aromatic rings. The maximum atomic E-state index is 6.13. The number of aryl methyl sites for hydroxylation is 1. The summed E-state index contributed by atoms with van der Waals surface area (Å²) in [6.07, 6.45) is 0. The molecular weight excluding hydrogens is 322 g/mol. The van der Waals surface area contributed by atoms with Crippen molar-refractivity contribution in [1.82, 2.24) is 4.68 Å². The van der Waals surface area contributed by atoms with E-state index in [-0.39, 0.29) is 24.0 Å². The summed E-state index contributed by atoms with van der Waals surface area (Å²) in [4.78, 5) is 0. The summed E-state index contributed by atoms with van der Waals surface area (Å²) in [7, 11) is 1.99. The molecule has 0 atom stereocenters. The topological polar surface area (TPSA) is 8.81 Å². The Morgan fingerprint density at radius 1 is 1.20 bits per heavy atom. The molecule has 4 heteroatoms. The fourth-order valence-corrected chi connectivity index (χ4v) is 1.86. The number of hydrogen-bond donors (Lipinski definition) is 0. The zero-order chi connectivity index (χ0) is 10.1. The fraction of sp³-hybridized carbons (Fsp3) is 0.182. The molecule has 0 unspecified atom stereocenters. The molecule has 0 saturated carbocycles. The van der Waals surface area contributed by atoms with Gasteiger partial charge < -0.3 is 24.0 Å². The highest BCUT2D eigenvalue weighted by Crippen LogP contribution is 2.09. The van der Waals surface area contributed by atoms with Crippen molar-refractivity contribution in [2.75, 3.05) is 0 Å². The normalized spacial score (nSPS) is 9.80. The zero-order valence-corrected chi connectivity index (χ0v) is 11.5. The van der Waals surface area contributed by atoms with E-state index in [1.54, 1.807) is 0 Å². The number of aromatic nitrogens is 2. The van der Waals surface area contributed by atoms with Gasteiger partial charge in [-0.1, -0.05) is 22.9 Å². The minimum atomic E-state index is 0. The molecule has 0 spiro atoms. The van der Waals surface area contributed by atoms with E-state index in [0.29, 0.717) is 0 Å². The molecule has 0 aliphatic rings. The van der Waals surface area contributed by atoms with Crippen LogP contribution in [0.25, 0.3) is 5.69 Å². The Kier molecular flexibility index (Phi) is 4.16. The average Bonchev–Trinajstić information content (AvgIpc) is 2.43. The lowest BCUT2D eigenvalue weighted by Crippen LogP contribution is -3.00. The molecule has 0 radical (unpaired) electrons. The Hall–Kier alpha value is -0.550. The quantitative estimate of drug-likeness (QED) is 0.480. The molecule has 1 aromatic carbocycles. The van der Waals surface area contributed by atoms with Crippen LogP contribution in [0.15, 0.2) is 36.4 Å². The molecule has 0 aliphatic heterocycles. The summed E-state index contributed by atoms with van der Waals surface area (Å²) in [6, 6.07) is 12.0. The number of rotatable bonds is 1. The van der Waals surface area contributed by atoms with Crippen molar-refractivity contribution in [3.8, 4) is 5.69 Å². The Bertz CT molecular complexity index is 451. The van der Waals surface area contributed by atoms with Crippen molar-refractivity contribution in [3.05, 3.63) is 47.2 Å². The Labute approximate surface area is 111 Å². The molecule has 0 saturated heterocycles. The molecule has 1 aromatic heterocycles. The van der Waals surface area contributed by atoms with Crippen LogP contribution in [0.2, 0.25) is 5.15 Å². The van der Waals surface area contributed by atoms with Crippen LogP contribution < -0.4 is 28.7 Å². The van der Waals surface area contributed by atoms with Crippen LogP contribution in [0, 0.1) is 6.92 Å². The summed E-state index contributed by atoms with van der Waals surface area (Å²) in [5.41, 5.74) is 2.21. The van der Waals surface area contributed by atoms with Gasteiger partial charge in [0.15, 0.2) is 0 Å². The average molecular weight is 335 g/mol. The van der Waals surface area contributed by atoms with E-state index in [4.69, 9.17) is 11.6 Å². The zero-order valence-electron chi connectivity index (χ0n) is 8.61. The Balaban J connectivity index is 0.00000112. The minimum absolute atomic E-state index is 0. The van der Waals surface area contributed by atoms with E-state index in [9.17, 15) is 0 Å². The van der Waals surface area contributed by atoms with E-state index in [1.807, 2.05) is 59.7 Å². The van der Waals surface area contributed by atoms with Gasteiger partial charge in [-0.2, -0.15) is 4.68 Å². The van der Waals surface area contributed by atoms with Crippen molar-refractivity contribution < 1.29 is 28.7 Å². The molecule has 0 bridgehead atoms. The smallest absolute Gasteiger partial charge is 0.306 e. The summed E-state index contributed by atoms with van der Waals surface area (Å²) in [5.74, 6) is 0. The highest BCUT2D eigenvalue weighted by molar-refractivity contribution is 6.28. The monoisotopic (exact) mass is 334 g/mol. The van der Waals surface area contributed by atoms with Crippen LogP contribution in [-0.4, -0.2) is 4.68 Å². The van der Waals surface area contributed by atoms with Gasteiger partial charge in [0.25, 0.3) is 0 Å². The van der Waals surface area contributed by atoms with Gasteiger partial charge in [0.1, 0.15) is 0 Å². The third-order valence-corrected chi connectivity index (χ3v) is 2.61. The van der Waals surface area contributed by atoms with Crippen LogP contribution in [-0.2, 0) is 7.05 Å². The van der Waals surface area contributed by atoms with Crippen LogP contribution >= 0.6 is 11.6 Å². The van der Waals surface area contributed by atoms with Gasteiger partial charge in [0.2, 0.25) is 5.69 Å². The first-order chi connectivity index (χ1) is 6.70. The molecule has 15 heavy (non-hydrogen) atoms. The lowest BCUT2D eigenvalue weighted by atomic mass is 10.3. The minimum Gasteiger partial charge on any atom is -1.00 e. The largest absolute Gasteiger partial charge is 1.00 e. The first kappa shape index (κ1) is 12.5. The van der Waals surface area contributed by atoms with Gasteiger partial charge in [0.05, 0.1) is 18.8 Å². The summed E-state index contributed by atoms with van der Waals surface area (Å²) in [5, 5.41) is 0.733. The van der Waals surface area contributed by atoms with Gasteiger partial charge in [-0.25, -0.2) is 0 Å². The molecule has 0 fully saturated rings. The molecular formula is C11H12ClIN2. The molecule has 0 N–H and O–H groups in total. The van der Waals surface area contributed by atoms with Gasteiger partial charge in [-0.05, 0) is 18.5 Å². The Morgan fingerprint density at radius 2 is 1.80 bits per heavy atom. The van der Waals surface area contributed by atoms with Crippen molar-refractivity contribution in [3.63, 3.8) is 0 Å². The van der Waals surface area contributed by atoms with Gasteiger partial charge >= 0.3 is 5.15 Å². The predicted molar refractivity (Wildman–Crippen MR) is 56.7 cm³/mol. The number of hydrogen-bond acceptors (Lipinski definition) is 0. The number of nitrogens with zero attached hydrogens (tertiary/aromatic N) is 2. The van der Waals surface area contributed by atoms with Crippen LogP contribution in [0.3, 0.4) is 0 Å². The first-order valence-corrected chi connectivity index (χ1v) is 4.87. The van der Waals surface area contributed by atoms with Crippen molar-refractivity contribution in [1.29, 1.82) is 0 Å². The molecule has 2 nitrogen and oxygen atoms in total. The highest BCUT2D eigenvalue weighted by Gasteiger charge is 2.18. The maximum Gasteiger partial charge on any atom is 0.306 e. The van der Waals surface area contributed by atoms with E-state index in [2.05, 4.69) is 0 Å². The second-order valence-corrected chi connectivity index (χ2v) is 3.67. The lowest BCUT2D eigenvalue weighted by molar-refractivity contribution is -0.680. The standard InChI is InChI=1S/C11H12ClN2.HI/c1-9-8-11(12)14(13(9)2)10-6-4-3-5-7-10;/h3-8H,1-2H3;1H/q+1;/p-1. The Morgan fingerprint density at radius 3 is 2.27 bits per heavy atom. The van der Waals surface area contributed by atoms with E-state index < -0.39 is 0 Å². The second kappa shape index (κ2) is 4.99. The summed E-state index contributed by atoms with van der Waals surface area (Å²) >= 11 is 6.13. The SMILES string of the molecule is Cc1cc(Cl)[n+](-c2ccccc2)n1C.[I-]. The maximum absolute atomic E-state index is 6.13. The number of halogens is 2. The predicted octanol–water partition coefficient (Wildman–Crippen LogP) is -0.732. The van der Waals surface area contributed by atoms with Crippen LogP contribution in [0.4, 0.5) is 0 Å². The van der Waals surface area contributed by atoms with Gasteiger partial charge in [0, 0.05) is 12.1 Å². The molecule has 0 amide bonds. The first-order valence-electron chi connectivity index (χ1n) is 4.50. The van der Waals surface area contributed by atoms with Crippen molar-refractivity contribution in [2.45, 2.75) is 6.92 Å². The van der Waals surface area contributed by atoms with E-state index in [1.165, 1.54) is 0 Å². The molecule has 80 valence electrons. The van der Waals surface area contributed by atoms with Gasteiger partial charge in [-0.3, -0.25) is 0 Å². The summed E-state index contributed by atoms with van der Waals surface area (Å²) < 4.78 is 3.99. The van der Waals surface area contributed by atoms with E-state index >= 15 is 0 Å². The molecule has 2 rings (SSSR count). The van der Waals surface area contributed by atoms with E-state index in [0.717, 1.165) is 16.5 Å². The second-order valence-electron chi connectivity index (χ2n) is 3.28. The third kappa shape index (κ3) is 2.34. The van der Waals surface area contributed by atoms with Gasteiger partial charge in [-0.15, -0.1) is 0 Å². The fourth-order valence-electron chi connectivity index (χ4n) is 1.49. The van der Waals surface area contributed by atoms with Crippen molar-refractivity contribution >= 4 is 11.6 Å². The van der Waals surface area contributed by atoms with Crippen molar-refractivity contribution in [2.24, 2.45) is 7.05 Å². The van der Waals surface area contributed by atoms with Crippen LogP contribution in [0.5, 0.6) is 0 Å². The molecule has 0 aliphatic carbocycles. The third-order valence-electron chi connectivity index (χ3n) is 2.34. The molecule has 1 heterocycles. The lowest BCUT2D eigenvalue weighted by Gasteiger charge is -1.97.